The minimum Gasteiger partial charge on any atom is -0.476 e. The summed E-state index contributed by atoms with van der Waals surface area (Å²) in [5.74, 6) is 1.28. The van der Waals surface area contributed by atoms with Gasteiger partial charge in [-0.15, -0.1) is 11.3 Å². The Balaban J connectivity index is 1.68. The zero-order valence-corrected chi connectivity index (χ0v) is 14.2. The average Bonchev–Trinajstić information content (AvgIpc) is 3.14. The van der Waals surface area contributed by atoms with Crippen molar-refractivity contribution in [3.63, 3.8) is 0 Å². The fourth-order valence-electron chi connectivity index (χ4n) is 2.17. The molecule has 3 aromatic rings. The number of aromatic nitrogens is 2. The van der Waals surface area contributed by atoms with Crippen LogP contribution >= 0.6 is 11.3 Å². The van der Waals surface area contributed by atoms with Crippen molar-refractivity contribution in [3.05, 3.63) is 59.0 Å². The van der Waals surface area contributed by atoms with Crippen molar-refractivity contribution >= 4 is 11.3 Å². The van der Waals surface area contributed by atoms with Gasteiger partial charge in [0.15, 0.2) is 6.79 Å². The molecule has 0 atom stereocenters. The van der Waals surface area contributed by atoms with Crippen molar-refractivity contribution in [1.82, 2.24) is 9.97 Å². The number of benzene rings is 1. The van der Waals surface area contributed by atoms with E-state index >= 15 is 0 Å². The van der Waals surface area contributed by atoms with Crippen LogP contribution in [-0.4, -0.2) is 30.5 Å². The molecule has 0 spiro atoms. The summed E-state index contributed by atoms with van der Waals surface area (Å²) >= 11 is 1.73. The fourth-order valence-corrected chi connectivity index (χ4v) is 2.86. The van der Waals surface area contributed by atoms with E-state index in [1.165, 1.54) is 4.88 Å². The van der Waals surface area contributed by atoms with Crippen molar-refractivity contribution in [2.75, 3.05) is 20.5 Å². The molecule has 0 aliphatic rings. The van der Waals surface area contributed by atoms with Gasteiger partial charge in [-0.3, -0.25) is 0 Å². The number of methoxy groups -OCH3 is 1. The van der Waals surface area contributed by atoms with Crippen molar-refractivity contribution < 1.29 is 14.2 Å². The predicted octanol–water partition coefficient (Wildman–Crippen LogP) is 3.81. The molecule has 0 N–H and O–H groups in total. The lowest BCUT2D eigenvalue weighted by Crippen LogP contribution is -2.04. The first kappa shape index (κ1) is 16.4. The van der Waals surface area contributed by atoms with Gasteiger partial charge in [0.05, 0.1) is 6.61 Å². The molecule has 2 aromatic heterocycles. The smallest absolute Gasteiger partial charge is 0.240 e. The lowest BCUT2D eigenvalue weighted by Gasteiger charge is -2.10. The SMILES string of the molecule is COCOc1ccc(-c2nccnc2OCCc2cccs2)cc1. The van der Waals surface area contributed by atoms with E-state index in [9.17, 15) is 0 Å². The third-order valence-electron chi connectivity index (χ3n) is 3.30. The van der Waals surface area contributed by atoms with Crippen molar-refractivity contribution in [1.29, 1.82) is 0 Å². The van der Waals surface area contributed by atoms with E-state index < -0.39 is 0 Å². The molecule has 24 heavy (non-hydrogen) atoms. The van der Waals surface area contributed by atoms with Crippen LogP contribution in [0.2, 0.25) is 0 Å². The number of ether oxygens (including phenoxy) is 3. The van der Waals surface area contributed by atoms with Crippen LogP contribution in [0.4, 0.5) is 0 Å². The highest BCUT2D eigenvalue weighted by Gasteiger charge is 2.09. The Bertz CT molecular complexity index is 745. The van der Waals surface area contributed by atoms with Gasteiger partial charge >= 0.3 is 0 Å². The van der Waals surface area contributed by atoms with Gasteiger partial charge in [-0.05, 0) is 35.7 Å². The van der Waals surface area contributed by atoms with Crippen molar-refractivity contribution in [3.8, 4) is 22.9 Å². The summed E-state index contributed by atoms with van der Waals surface area (Å²) in [6, 6.07) is 11.8. The summed E-state index contributed by atoms with van der Waals surface area (Å²) < 4.78 is 16.1. The van der Waals surface area contributed by atoms with Gasteiger partial charge in [0.2, 0.25) is 5.88 Å². The maximum atomic E-state index is 5.84. The van der Waals surface area contributed by atoms with E-state index in [1.54, 1.807) is 30.8 Å². The van der Waals surface area contributed by atoms with Gasteiger partial charge in [-0.25, -0.2) is 9.97 Å². The quantitative estimate of drug-likeness (QED) is 0.583. The van der Waals surface area contributed by atoms with Gasteiger partial charge in [-0.2, -0.15) is 0 Å². The Kier molecular flexibility index (Phi) is 5.76. The molecule has 0 saturated carbocycles. The van der Waals surface area contributed by atoms with Gasteiger partial charge in [0, 0.05) is 36.4 Å². The third-order valence-corrected chi connectivity index (χ3v) is 4.24. The molecule has 2 heterocycles. The van der Waals surface area contributed by atoms with Crippen LogP contribution < -0.4 is 9.47 Å². The summed E-state index contributed by atoms with van der Waals surface area (Å²) in [7, 11) is 1.59. The molecule has 1 aromatic carbocycles. The molecule has 5 nitrogen and oxygen atoms in total. The van der Waals surface area contributed by atoms with E-state index in [1.807, 2.05) is 30.3 Å². The summed E-state index contributed by atoms with van der Waals surface area (Å²) in [4.78, 5) is 10.0. The Hall–Kier alpha value is -2.44. The molecule has 124 valence electrons. The second kappa shape index (κ2) is 8.42. The molecule has 0 aliphatic heterocycles. The molecular weight excluding hydrogens is 324 g/mol. The lowest BCUT2D eigenvalue weighted by atomic mass is 10.1. The summed E-state index contributed by atoms with van der Waals surface area (Å²) in [6.07, 6.45) is 4.16. The van der Waals surface area contributed by atoms with Gasteiger partial charge < -0.3 is 14.2 Å². The highest BCUT2D eigenvalue weighted by molar-refractivity contribution is 7.09. The minimum atomic E-state index is 0.224. The second-order valence-electron chi connectivity index (χ2n) is 4.96. The Morgan fingerprint density at radius 1 is 1.00 bits per heavy atom. The van der Waals surface area contributed by atoms with E-state index in [0.29, 0.717) is 12.5 Å². The second-order valence-corrected chi connectivity index (χ2v) is 6.00. The van der Waals surface area contributed by atoms with Crippen LogP contribution in [0.25, 0.3) is 11.3 Å². The number of thiophene rings is 1. The first-order valence-corrected chi connectivity index (χ1v) is 8.43. The van der Waals surface area contributed by atoms with E-state index in [2.05, 4.69) is 21.4 Å². The fraction of sp³-hybridized carbons (Fsp3) is 0.222. The van der Waals surface area contributed by atoms with Crippen LogP contribution in [0.15, 0.2) is 54.2 Å². The topological polar surface area (TPSA) is 53.5 Å². The molecule has 0 fully saturated rings. The number of hydrogen-bond acceptors (Lipinski definition) is 6. The van der Waals surface area contributed by atoms with Crippen LogP contribution in [0, 0.1) is 0 Å². The highest BCUT2D eigenvalue weighted by Crippen LogP contribution is 2.27. The Morgan fingerprint density at radius 3 is 2.58 bits per heavy atom. The molecule has 0 unspecified atom stereocenters. The summed E-state index contributed by atoms with van der Waals surface area (Å²) in [6.45, 7) is 0.794. The summed E-state index contributed by atoms with van der Waals surface area (Å²) in [5.41, 5.74) is 1.65. The normalized spacial score (nSPS) is 10.5. The number of rotatable bonds is 8. The van der Waals surface area contributed by atoms with Gasteiger partial charge in [0.25, 0.3) is 0 Å². The van der Waals surface area contributed by atoms with Crippen LogP contribution in [0.3, 0.4) is 0 Å². The van der Waals surface area contributed by atoms with Gasteiger partial charge in [0.1, 0.15) is 11.4 Å². The molecule has 0 saturated heterocycles. The van der Waals surface area contributed by atoms with Crippen LogP contribution in [0.5, 0.6) is 11.6 Å². The highest BCUT2D eigenvalue weighted by atomic mass is 32.1. The molecule has 0 radical (unpaired) electrons. The summed E-state index contributed by atoms with van der Waals surface area (Å²) in [5, 5.41) is 2.07. The minimum absolute atomic E-state index is 0.224. The van der Waals surface area contributed by atoms with E-state index in [-0.39, 0.29) is 6.79 Å². The zero-order chi connectivity index (χ0) is 16.6. The Labute approximate surface area is 144 Å². The zero-order valence-electron chi connectivity index (χ0n) is 13.3. The largest absolute Gasteiger partial charge is 0.476 e. The maximum absolute atomic E-state index is 5.84. The Morgan fingerprint density at radius 2 is 1.83 bits per heavy atom. The first-order valence-electron chi connectivity index (χ1n) is 7.55. The first-order chi connectivity index (χ1) is 11.9. The molecule has 0 amide bonds. The molecule has 3 rings (SSSR count). The van der Waals surface area contributed by atoms with Gasteiger partial charge in [-0.1, -0.05) is 6.07 Å². The molecule has 6 heteroatoms. The van der Waals surface area contributed by atoms with Crippen molar-refractivity contribution in [2.24, 2.45) is 0 Å². The molecular formula is C18H18N2O3S. The van der Waals surface area contributed by atoms with E-state index in [0.717, 1.165) is 23.4 Å². The molecule has 0 bridgehead atoms. The van der Waals surface area contributed by atoms with Crippen molar-refractivity contribution in [2.45, 2.75) is 6.42 Å². The standard InChI is InChI=1S/C18H18N2O3S/c1-21-13-23-15-6-4-14(5-7-15)17-18(20-10-9-19-17)22-11-8-16-3-2-12-24-16/h2-7,9-10,12H,8,11,13H2,1H3. The average molecular weight is 342 g/mol. The van der Waals surface area contributed by atoms with Crippen LogP contribution in [-0.2, 0) is 11.2 Å². The molecule has 0 aliphatic carbocycles. The third kappa shape index (κ3) is 4.31. The number of hydrogen-bond donors (Lipinski definition) is 0. The monoisotopic (exact) mass is 342 g/mol. The maximum Gasteiger partial charge on any atom is 0.240 e. The number of nitrogens with zero attached hydrogens (tertiary/aromatic N) is 2. The van der Waals surface area contributed by atoms with E-state index in [4.69, 9.17) is 14.2 Å². The lowest BCUT2D eigenvalue weighted by molar-refractivity contribution is 0.0511. The van der Waals surface area contributed by atoms with Crippen LogP contribution in [0.1, 0.15) is 4.88 Å². The predicted molar refractivity (Wildman–Crippen MR) is 93.5 cm³/mol.